The summed E-state index contributed by atoms with van der Waals surface area (Å²) in [5.74, 6) is -1.14. The molecule has 4 nitrogen and oxygen atoms in total. The number of alkyl halides is 3. The second kappa shape index (κ2) is 5.20. The van der Waals surface area contributed by atoms with Crippen LogP contribution in [0.15, 0.2) is 6.07 Å². The molecule has 0 radical (unpaired) electrons. The lowest BCUT2D eigenvalue weighted by Gasteiger charge is -2.10. The van der Waals surface area contributed by atoms with Crippen molar-refractivity contribution in [3.8, 4) is 0 Å². The van der Waals surface area contributed by atoms with Crippen molar-refractivity contribution in [2.24, 2.45) is 0 Å². The number of carboxylic acid groups (broad SMARTS) is 1. The van der Waals surface area contributed by atoms with E-state index in [-0.39, 0.29) is 16.7 Å². The summed E-state index contributed by atoms with van der Waals surface area (Å²) in [6.07, 6.45) is -3.19. The number of aromatic nitrogens is 1. The Morgan fingerprint density at radius 1 is 1.62 bits per heavy atom. The van der Waals surface area contributed by atoms with Gasteiger partial charge in [0, 0.05) is 16.6 Å². The maximum Gasteiger partial charge on any atom is 0.309 e. The summed E-state index contributed by atoms with van der Waals surface area (Å²) in [7, 11) is 0. The van der Waals surface area contributed by atoms with Crippen LogP contribution in [0.4, 0.5) is 14.5 Å². The fourth-order valence-electron chi connectivity index (χ4n) is 1.22. The van der Waals surface area contributed by atoms with Gasteiger partial charge in [-0.05, 0) is 6.07 Å². The molecule has 0 saturated carbocycles. The number of pyridine rings is 1. The number of rotatable bonds is 4. The third-order valence-electron chi connectivity index (χ3n) is 1.94. The van der Waals surface area contributed by atoms with Crippen molar-refractivity contribution >= 4 is 27.6 Å². The zero-order chi connectivity index (χ0) is 12.3. The van der Waals surface area contributed by atoms with Gasteiger partial charge >= 0.3 is 5.97 Å². The van der Waals surface area contributed by atoms with Crippen molar-refractivity contribution in [2.75, 3.05) is 5.73 Å². The minimum atomic E-state index is -2.76. The highest BCUT2D eigenvalue weighted by Crippen LogP contribution is 2.25. The zero-order valence-corrected chi connectivity index (χ0v) is 9.67. The Bertz CT molecular complexity index is 413. The molecule has 0 amide bonds. The first-order valence-electron chi connectivity index (χ1n) is 4.29. The fraction of sp³-hybridized carbons (Fsp3) is 0.333. The molecule has 1 heterocycles. The second-order valence-electron chi connectivity index (χ2n) is 3.07. The molecule has 1 rings (SSSR count). The normalized spacial score (nSPS) is 10.8. The molecule has 3 N–H and O–H groups in total. The van der Waals surface area contributed by atoms with Gasteiger partial charge in [0.25, 0.3) is 6.43 Å². The molecule has 0 aliphatic rings. The van der Waals surface area contributed by atoms with Crippen molar-refractivity contribution in [3.05, 3.63) is 23.0 Å². The smallest absolute Gasteiger partial charge is 0.309 e. The van der Waals surface area contributed by atoms with E-state index in [0.29, 0.717) is 5.56 Å². The van der Waals surface area contributed by atoms with Crippen LogP contribution < -0.4 is 5.73 Å². The number of carboxylic acids is 1. The maximum atomic E-state index is 12.4. The summed E-state index contributed by atoms with van der Waals surface area (Å²) in [5.41, 5.74) is 5.68. The average molecular weight is 295 g/mol. The van der Waals surface area contributed by atoms with Crippen LogP contribution in [0, 0.1) is 0 Å². The maximum absolute atomic E-state index is 12.4. The Morgan fingerprint density at radius 3 is 2.69 bits per heavy atom. The Balaban J connectivity index is 3.24. The zero-order valence-electron chi connectivity index (χ0n) is 8.08. The van der Waals surface area contributed by atoms with Crippen molar-refractivity contribution in [3.63, 3.8) is 0 Å². The summed E-state index contributed by atoms with van der Waals surface area (Å²) in [5, 5.41) is 8.90. The van der Waals surface area contributed by atoms with Crippen molar-refractivity contribution in [1.29, 1.82) is 0 Å². The second-order valence-corrected chi connectivity index (χ2v) is 3.63. The van der Waals surface area contributed by atoms with Crippen molar-refractivity contribution in [2.45, 2.75) is 18.2 Å². The van der Waals surface area contributed by atoms with Gasteiger partial charge < -0.3 is 10.8 Å². The average Bonchev–Trinajstić information content (AvgIpc) is 2.16. The minimum absolute atomic E-state index is 0.0691. The molecule has 0 aliphatic heterocycles. The molecule has 7 heteroatoms. The third kappa shape index (κ3) is 2.88. The van der Waals surface area contributed by atoms with E-state index in [1.54, 1.807) is 0 Å². The largest absolute Gasteiger partial charge is 0.481 e. The monoisotopic (exact) mass is 294 g/mol. The van der Waals surface area contributed by atoms with Crippen molar-refractivity contribution in [1.82, 2.24) is 4.98 Å². The Morgan fingerprint density at radius 2 is 2.25 bits per heavy atom. The van der Waals surface area contributed by atoms with Gasteiger partial charge in [0.15, 0.2) is 0 Å². The first-order chi connectivity index (χ1) is 7.45. The van der Waals surface area contributed by atoms with Gasteiger partial charge in [-0.15, -0.1) is 0 Å². The molecular weight excluding hydrogens is 286 g/mol. The lowest BCUT2D eigenvalue weighted by atomic mass is 10.1. The van der Waals surface area contributed by atoms with Crippen LogP contribution in [0.2, 0.25) is 0 Å². The van der Waals surface area contributed by atoms with E-state index < -0.39 is 24.5 Å². The Labute approximate surface area is 98.6 Å². The molecule has 0 atom stereocenters. The molecule has 0 saturated heterocycles. The number of carbonyl (C=O) groups is 1. The van der Waals surface area contributed by atoms with Crippen LogP contribution in [0.1, 0.15) is 23.4 Å². The van der Waals surface area contributed by atoms with Crippen LogP contribution >= 0.6 is 15.9 Å². The van der Waals surface area contributed by atoms with Crippen LogP contribution in [0.25, 0.3) is 0 Å². The van der Waals surface area contributed by atoms with E-state index in [4.69, 9.17) is 10.8 Å². The molecule has 88 valence electrons. The summed E-state index contributed by atoms with van der Waals surface area (Å²) >= 11 is 3.11. The molecule has 0 unspecified atom stereocenters. The van der Waals surface area contributed by atoms with Gasteiger partial charge in [0.05, 0.1) is 12.1 Å². The molecule has 0 aromatic carbocycles. The highest BCUT2D eigenvalue weighted by atomic mass is 79.9. The highest BCUT2D eigenvalue weighted by molar-refractivity contribution is 9.08. The number of anilines is 1. The molecule has 16 heavy (non-hydrogen) atoms. The quantitative estimate of drug-likeness (QED) is 0.834. The summed E-state index contributed by atoms with van der Waals surface area (Å²) in [4.78, 5) is 14.1. The molecule has 1 aromatic heterocycles. The van der Waals surface area contributed by atoms with Gasteiger partial charge in [0.1, 0.15) is 5.69 Å². The van der Waals surface area contributed by atoms with E-state index in [2.05, 4.69) is 20.9 Å². The predicted molar refractivity (Wildman–Crippen MR) is 57.6 cm³/mol. The van der Waals surface area contributed by atoms with Crippen molar-refractivity contribution < 1.29 is 18.7 Å². The SMILES string of the molecule is Nc1cc(C(F)F)nc(CC(=O)O)c1CBr. The predicted octanol–water partition coefficient (Wildman–Crippen LogP) is 2.12. The Hall–Kier alpha value is -1.24. The molecule has 0 bridgehead atoms. The van der Waals surface area contributed by atoms with E-state index in [1.807, 2.05) is 0 Å². The van der Waals surface area contributed by atoms with E-state index in [0.717, 1.165) is 6.07 Å². The molecule has 0 spiro atoms. The number of hydrogen-bond donors (Lipinski definition) is 2. The van der Waals surface area contributed by atoms with Gasteiger partial charge in [-0.2, -0.15) is 0 Å². The number of hydrogen-bond acceptors (Lipinski definition) is 3. The van der Waals surface area contributed by atoms with E-state index in [9.17, 15) is 13.6 Å². The van der Waals surface area contributed by atoms with Gasteiger partial charge in [-0.3, -0.25) is 9.78 Å². The first kappa shape index (κ1) is 12.8. The number of nitrogens with zero attached hydrogens (tertiary/aromatic N) is 1. The molecule has 1 aromatic rings. The van der Waals surface area contributed by atoms with Crippen LogP contribution in [0.5, 0.6) is 0 Å². The van der Waals surface area contributed by atoms with Crippen LogP contribution in [-0.4, -0.2) is 16.1 Å². The Kier molecular flexibility index (Phi) is 4.17. The topological polar surface area (TPSA) is 76.2 Å². The molecule has 0 aliphatic carbocycles. The molecule has 0 fully saturated rings. The minimum Gasteiger partial charge on any atom is -0.481 e. The number of nitrogens with two attached hydrogens (primary N) is 1. The first-order valence-corrected chi connectivity index (χ1v) is 5.42. The third-order valence-corrected chi connectivity index (χ3v) is 2.50. The van der Waals surface area contributed by atoms with E-state index >= 15 is 0 Å². The standard InChI is InChI=1S/C9H9BrF2N2O2/c10-3-4-5(13)1-7(9(11)12)14-6(4)2-8(15)16/h1,9H,2-3H2,(H2,13,14)(H,15,16). The van der Waals surface area contributed by atoms with Gasteiger partial charge in [0.2, 0.25) is 0 Å². The summed E-state index contributed by atoms with van der Waals surface area (Å²) < 4.78 is 24.8. The number of aliphatic carboxylic acids is 1. The number of halogens is 3. The van der Waals surface area contributed by atoms with Crippen LogP contribution in [-0.2, 0) is 16.5 Å². The van der Waals surface area contributed by atoms with E-state index in [1.165, 1.54) is 0 Å². The van der Waals surface area contributed by atoms with Crippen LogP contribution in [0.3, 0.4) is 0 Å². The van der Waals surface area contributed by atoms with Gasteiger partial charge in [-0.25, -0.2) is 8.78 Å². The summed E-state index contributed by atoms with van der Waals surface area (Å²) in [6.45, 7) is 0. The number of nitrogen functional groups attached to an aromatic ring is 1. The lowest BCUT2D eigenvalue weighted by molar-refractivity contribution is -0.136. The molecular formula is C9H9BrF2N2O2. The van der Waals surface area contributed by atoms with Gasteiger partial charge in [-0.1, -0.05) is 15.9 Å². The summed E-state index contributed by atoms with van der Waals surface area (Å²) in [6, 6.07) is 1.06. The highest BCUT2D eigenvalue weighted by Gasteiger charge is 2.17. The lowest BCUT2D eigenvalue weighted by Crippen LogP contribution is -2.10. The fourth-order valence-corrected chi connectivity index (χ4v) is 1.87.